The second-order valence-corrected chi connectivity index (χ2v) is 6.94. The van der Waals surface area contributed by atoms with Gasteiger partial charge in [-0.2, -0.15) is 0 Å². The minimum absolute atomic E-state index is 0.202. The van der Waals surface area contributed by atoms with E-state index in [1.807, 2.05) is 36.4 Å². The zero-order valence-corrected chi connectivity index (χ0v) is 16.6. The van der Waals surface area contributed by atoms with E-state index in [1.165, 1.54) is 0 Å². The molecule has 0 saturated heterocycles. The van der Waals surface area contributed by atoms with Crippen molar-refractivity contribution in [3.8, 4) is 11.1 Å². The third kappa shape index (κ3) is 5.00. The van der Waals surface area contributed by atoms with E-state index in [2.05, 4.69) is 10.1 Å². The zero-order chi connectivity index (χ0) is 20.8. The number of aryl methyl sites for hydroxylation is 2. The molecule has 0 spiro atoms. The third-order valence-corrected chi connectivity index (χ3v) is 4.72. The van der Waals surface area contributed by atoms with Gasteiger partial charge in [0.25, 0.3) is 0 Å². The summed E-state index contributed by atoms with van der Waals surface area (Å²) in [6, 6.07) is 14.7. The van der Waals surface area contributed by atoms with Crippen LogP contribution in [0, 0.1) is 5.82 Å². The van der Waals surface area contributed by atoms with E-state index in [-0.39, 0.29) is 19.0 Å². The number of aliphatic hydroxyl groups excluding tert-OH is 1. The van der Waals surface area contributed by atoms with Gasteiger partial charge in [0.15, 0.2) is 5.96 Å². The van der Waals surface area contributed by atoms with Crippen molar-refractivity contribution in [3.05, 3.63) is 76.9 Å². The molecule has 152 valence electrons. The van der Waals surface area contributed by atoms with Crippen molar-refractivity contribution in [2.24, 2.45) is 10.7 Å². The Kier molecular flexibility index (Phi) is 6.61. The Labute approximate surface area is 169 Å². The van der Waals surface area contributed by atoms with Gasteiger partial charge in [0.2, 0.25) is 0 Å². The number of hydrogen-bond donors (Lipinski definition) is 2. The van der Waals surface area contributed by atoms with Crippen LogP contribution in [0.4, 0.5) is 4.39 Å². The van der Waals surface area contributed by atoms with Crippen LogP contribution in [0.1, 0.15) is 22.6 Å². The van der Waals surface area contributed by atoms with Crippen molar-refractivity contribution < 1.29 is 14.0 Å². The highest BCUT2D eigenvalue weighted by Gasteiger charge is 2.16. The highest BCUT2D eigenvalue weighted by molar-refractivity contribution is 5.77. The predicted octanol–water partition coefficient (Wildman–Crippen LogP) is 3.13. The Morgan fingerprint density at radius 2 is 1.93 bits per heavy atom. The maximum absolute atomic E-state index is 14.5. The molecule has 3 N–H and O–H groups in total. The van der Waals surface area contributed by atoms with Gasteiger partial charge in [-0.25, -0.2) is 9.38 Å². The van der Waals surface area contributed by atoms with Gasteiger partial charge in [-0.05, 0) is 23.6 Å². The van der Waals surface area contributed by atoms with Gasteiger partial charge in [-0.3, -0.25) is 0 Å². The van der Waals surface area contributed by atoms with Crippen LogP contribution in [0.15, 0.2) is 58.0 Å². The summed E-state index contributed by atoms with van der Waals surface area (Å²) in [5, 5.41) is 13.7. The summed E-state index contributed by atoms with van der Waals surface area (Å²) in [6.45, 7) is 0.0245. The highest BCUT2D eigenvalue weighted by Crippen LogP contribution is 2.24. The lowest BCUT2D eigenvalue weighted by Crippen LogP contribution is -2.30. The van der Waals surface area contributed by atoms with Crippen molar-refractivity contribution in [1.82, 2.24) is 10.1 Å². The number of nitrogens with two attached hydrogens (primary N) is 1. The summed E-state index contributed by atoms with van der Waals surface area (Å²) in [7, 11) is 3.59. The van der Waals surface area contributed by atoms with Crippen LogP contribution < -0.4 is 5.73 Å². The number of hydrogen-bond acceptors (Lipinski definition) is 4. The van der Waals surface area contributed by atoms with Gasteiger partial charge < -0.3 is 20.3 Å². The number of aliphatic hydroxyl groups is 1. The molecule has 6 nitrogen and oxygen atoms in total. The lowest BCUT2D eigenvalue weighted by atomic mass is 10.0. The van der Waals surface area contributed by atoms with E-state index in [1.54, 1.807) is 31.1 Å². The van der Waals surface area contributed by atoms with E-state index in [4.69, 9.17) is 10.3 Å². The molecule has 29 heavy (non-hydrogen) atoms. The number of aromatic nitrogens is 1. The second kappa shape index (κ2) is 9.34. The molecule has 0 aliphatic heterocycles. The summed E-state index contributed by atoms with van der Waals surface area (Å²) in [5.74, 6) is 0.684. The fourth-order valence-corrected chi connectivity index (χ4v) is 3.00. The van der Waals surface area contributed by atoms with Crippen molar-refractivity contribution >= 4 is 5.96 Å². The second-order valence-electron chi connectivity index (χ2n) is 6.94. The minimum atomic E-state index is -0.261. The molecule has 0 fully saturated rings. The van der Waals surface area contributed by atoms with E-state index in [9.17, 15) is 9.50 Å². The van der Waals surface area contributed by atoms with Crippen LogP contribution in [0.2, 0.25) is 0 Å². The average molecular weight is 396 g/mol. The monoisotopic (exact) mass is 396 g/mol. The molecular weight excluding hydrogens is 371 g/mol. The fraction of sp³-hybridized carbons (Fsp3) is 0.273. The molecule has 0 aliphatic carbocycles. The van der Waals surface area contributed by atoms with Gasteiger partial charge in [0.05, 0.1) is 13.2 Å². The first-order chi connectivity index (χ1) is 14.0. The smallest absolute Gasteiger partial charge is 0.191 e. The van der Waals surface area contributed by atoms with E-state index in [0.717, 1.165) is 11.1 Å². The van der Waals surface area contributed by atoms with Crippen LogP contribution >= 0.6 is 0 Å². The van der Waals surface area contributed by atoms with Crippen molar-refractivity contribution in [2.45, 2.75) is 26.0 Å². The maximum atomic E-state index is 14.5. The lowest BCUT2D eigenvalue weighted by molar-refractivity contribution is 0.276. The van der Waals surface area contributed by atoms with Crippen molar-refractivity contribution in [3.63, 3.8) is 0 Å². The van der Waals surface area contributed by atoms with Crippen LogP contribution in [-0.4, -0.2) is 35.2 Å². The zero-order valence-electron chi connectivity index (χ0n) is 16.6. The molecule has 1 heterocycles. The summed E-state index contributed by atoms with van der Waals surface area (Å²) in [4.78, 5) is 5.91. The molecule has 0 bridgehead atoms. The fourth-order valence-electron chi connectivity index (χ4n) is 3.00. The molecule has 0 radical (unpaired) electrons. The van der Waals surface area contributed by atoms with Gasteiger partial charge in [0, 0.05) is 31.6 Å². The van der Waals surface area contributed by atoms with Crippen LogP contribution in [0.25, 0.3) is 11.1 Å². The summed E-state index contributed by atoms with van der Waals surface area (Å²) < 4.78 is 19.9. The number of halogens is 1. The van der Waals surface area contributed by atoms with E-state index in [0.29, 0.717) is 41.4 Å². The molecule has 1 aromatic heterocycles. The first-order valence-corrected chi connectivity index (χ1v) is 9.37. The van der Waals surface area contributed by atoms with Crippen molar-refractivity contribution in [2.75, 3.05) is 14.1 Å². The van der Waals surface area contributed by atoms with Crippen LogP contribution in [0.3, 0.4) is 0 Å². The highest BCUT2D eigenvalue weighted by atomic mass is 19.1. The van der Waals surface area contributed by atoms with E-state index < -0.39 is 0 Å². The quantitative estimate of drug-likeness (QED) is 0.473. The molecule has 0 atom stereocenters. The molecule has 0 saturated carbocycles. The number of aliphatic imine (C=N–C) groups is 1. The average Bonchev–Trinajstić information content (AvgIpc) is 3.12. The molecule has 0 amide bonds. The van der Waals surface area contributed by atoms with Gasteiger partial charge >= 0.3 is 0 Å². The van der Waals surface area contributed by atoms with Gasteiger partial charge in [-0.1, -0.05) is 47.6 Å². The Bertz CT molecular complexity index is 984. The number of nitrogens with zero attached hydrogens (tertiary/aromatic N) is 3. The molecule has 2 aromatic carbocycles. The van der Waals surface area contributed by atoms with Crippen LogP contribution in [0.5, 0.6) is 0 Å². The first-order valence-electron chi connectivity index (χ1n) is 9.37. The summed E-state index contributed by atoms with van der Waals surface area (Å²) >= 11 is 0. The molecular formula is C22H25FN4O2. The largest absolute Gasteiger partial charge is 0.391 e. The van der Waals surface area contributed by atoms with E-state index >= 15 is 0 Å². The SMILES string of the molecule is CN(C)C(N)=NCc1noc(CCc2ccc(-c3ccccc3)c(F)c2)c1CO. The number of rotatable bonds is 7. The topological polar surface area (TPSA) is 87.9 Å². The normalized spacial score (nSPS) is 11.7. The number of benzene rings is 2. The molecule has 0 unspecified atom stereocenters. The Balaban J connectivity index is 1.70. The Morgan fingerprint density at radius 1 is 1.17 bits per heavy atom. The van der Waals surface area contributed by atoms with Gasteiger partial charge in [0.1, 0.15) is 17.3 Å². The molecule has 0 aliphatic rings. The molecule has 3 aromatic rings. The first kappa shape index (κ1) is 20.5. The number of guanidine groups is 1. The molecule has 3 rings (SSSR count). The third-order valence-electron chi connectivity index (χ3n) is 4.72. The Hall–Kier alpha value is -3.19. The summed E-state index contributed by atoms with van der Waals surface area (Å²) in [5.41, 5.74) is 9.21. The predicted molar refractivity (Wildman–Crippen MR) is 111 cm³/mol. The maximum Gasteiger partial charge on any atom is 0.191 e. The van der Waals surface area contributed by atoms with Gasteiger partial charge in [-0.15, -0.1) is 0 Å². The lowest BCUT2D eigenvalue weighted by Gasteiger charge is -2.09. The molecule has 7 heteroatoms. The van der Waals surface area contributed by atoms with Crippen molar-refractivity contribution in [1.29, 1.82) is 0 Å². The summed E-state index contributed by atoms with van der Waals surface area (Å²) in [6.07, 6.45) is 1.07. The minimum Gasteiger partial charge on any atom is -0.391 e. The Morgan fingerprint density at radius 3 is 2.59 bits per heavy atom. The standard InChI is InChI=1S/C22H25FN4O2/c1-27(2)22(24)25-13-20-18(14-28)21(29-26-20)11-9-15-8-10-17(19(23)12-15)16-6-4-3-5-7-16/h3-8,10,12,28H,9,11,13-14H2,1-2H3,(H2,24,25). The van der Waals surface area contributed by atoms with Crippen LogP contribution in [-0.2, 0) is 26.0 Å².